The van der Waals surface area contributed by atoms with Gasteiger partial charge in [-0.1, -0.05) is 0 Å². The van der Waals surface area contributed by atoms with Crippen LogP contribution in [0.5, 0.6) is 0 Å². The number of benzene rings is 3. The minimum absolute atomic E-state index is 0.302. The first-order valence-corrected chi connectivity index (χ1v) is 16.9. The zero-order valence-electron chi connectivity index (χ0n) is 17.0. The molecule has 4 nitrogen and oxygen atoms in total. The summed E-state index contributed by atoms with van der Waals surface area (Å²) in [6.07, 6.45) is 1.57. The monoisotopic (exact) mass is 461 g/mol. The van der Waals surface area contributed by atoms with Crippen LogP contribution in [0.15, 0.2) is 91.0 Å². The molecule has 3 aromatic rings. The average Bonchev–Trinajstić information content (AvgIpc) is 2.74. The zero-order chi connectivity index (χ0) is 21.5. The van der Waals surface area contributed by atoms with Gasteiger partial charge in [-0.05, 0) is 0 Å². The van der Waals surface area contributed by atoms with Crippen LogP contribution in [0.3, 0.4) is 0 Å². The Morgan fingerprint density at radius 3 is 1.03 bits per heavy atom. The van der Waals surface area contributed by atoms with Crippen molar-refractivity contribution < 1.29 is 27.8 Å². The van der Waals surface area contributed by atoms with Gasteiger partial charge in [0.2, 0.25) is 0 Å². The fraction of sp³-hybridized carbons (Fsp3) is 0.250. The van der Waals surface area contributed by atoms with Crippen molar-refractivity contribution in [3.63, 3.8) is 0 Å². The zero-order valence-corrected chi connectivity index (χ0v) is 19.3. The Bertz CT molecular complexity index is 948. The maximum absolute atomic E-state index is 12.9. The molecular weight excluding hydrogens is 432 g/mol. The van der Waals surface area contributed by atoms with E-state index in [-0.39, 0.29) is 0 Å². The van der Waals surface area contributed by atoms with E-state index in [0.717, 1.165) is 16.7 Å². The summed E-state index contributed by atoms with van der Waals surface area (Å²) in [5.41, 5.74) is 3.04. The van der Waals surface area contributed by atoms with Crippen LogP contribution in [-0.2, 0) is 38.8 Å². The molecule has 0 aromatic heterocycles. The minimum atomic E-state index is -6.71. The van der Waals surface area contributed by atoms with Crippen molar-refractivity contribution in [1.82, 2.24) is 0 Å². The first-order valence-electron chi connectivity index (χ1n) is 10.3. The summed E-state index contributed by atoms with van der Waals surface area (Å²) in [6, 6.07) is 29.9. The average molecular weight is 462 g/mol. The Kier molecular flexibility index (Phi) is 7.07. The van der Waals surface area contributed by atoms with Crippen molar-refractivity contribution in [3.05, 3.63) is 108 Å². The van der Waals surface area contributed by atoms with E-state index in [1.807, 2.05) is 91.0 Å². The Morgan fingerprint density at radius 1 is 0.533 bits per heavy atom. The Hall–Kier alpha value is -2.07. The maximum atomic E-state index is 12.9. The van der Waals surface area contributed by atoms with Gasteiger partial charge in [-0.2, -0.15) is 0 Å². The number of rotatable bonds is 10. The molecule has 0 aliphatic carbocycles. The summed E-state index contributed by atoms with van der Waals surface area (Å²) in [6.45, 7) is -3.50. The summed E-state index contributed by atoms with van der Waals surface area (Å²) >= 11 is -6.71. The first-order chi connectivity index (χ1) is 14.2. The van der Waals surface area contributed by atoms with Gasteiger partial charge in [-0.25, -0.2) is 0 Å². The molecule has 3 rings (SSSR count). The molecule has 0 fully saturated rings. The van der Waals surface area contributed by atoms with Gasteiger partial charge in [0.05, 0.1) is 0 Å². The molecule has 2 N–H and O–H groups in total. The second-order valence-electron chi connectivity index (χ2n) is 7.94. The Labute approximate surface area is 179 Å². The second kappa shape index (κ2) is 9.38. The van der Waals surface area contributed by atoms with Crippen molar-refractivity contribution in [3.8, 4) is 0 Å². The van der Waals surface area contributed by atoms with E-state index in [9.17, 15) is 15.9 Å². The van der Waals surface area contributed by atoms with Crippen LogP contribution in [0, 0.1) is 0 Å². The summed E-state index contributed by atoms with van der Waals surface area (Å²) in [4.78, 5) is 0. The molecule has 0 saturated carbocycles. The molecule has 0 bridgehead atoms. The summed E-state index contributed by atoms with van der Waals surface area (Å²) in [5.74, 6) is 0. The number of hydrogen-bond donors (Lipinski definition) is 2. The van der Waals surface area contributed by atoms with E-state index >= 15 is 0 Å². The van der Waals surface area contributed by atoms with E-state index in [4.69, 9.17) is 0 Å². The standard InChI is InChI=1S/C24H27Si.Cr.2H2O.2O/c1-4-10-22(11-5-1)16-19-25(20-17-23-12-6-2-7-13-23)21-18-24-14-8-3-9-15-24;;;;;/h1-15H,16-21H2;;2*1H2;;/q;+2;;;;/p-2. The van der Waals surface area contributed by atoms with Gasteiger partial charge in [0.25, 0.3) is 0 Å². The van der Waals surface area contributed by atoms with Crippen LogP contribution in [0.1, 0.15) is 16.7 Å². The van der Waals surface area contributed by atoms with Gasteiger partial charge in [0, 0.05) is 0 Å². The predicted octanol–water partition coefficient (Wildman–Crippen LogP) is 4.86. The van der Waals surface area contributed by atoms with Gasteiger partial charge in [0.15, 0.2) is 0 Å². The van der Waals surface area contributed by atoms with Crippen LogP contribution in [-0.4, -0.2) is 15.0 Å². The Balaban J connectivity index is 1.91. The summed E-state index contributed by atoms with van der Waals surface area (Å²) in [7, 11) is 0. The molecule has 0 heterocycles. The fourth-order valence-electron chi connectivity index (χ4n) is 3.95. The Morgan fingerprint density at radius 2 is 0.800 bits per heavy atom. The molecule has 159 valence electrons. The van der Waals surface area contributed by atoms with Crippen molar-refractivity contribution in [1.29, 1.82) is 0 Å². The molecule has 6 heteroatoms. The quantitative estimate of drug-likeness (QED) is 0.423. The van der Waals surface area contributed by atoms with Crippen LogP contribution >= 0.6 is 0 Å². The van der Waals surface area contributed by atoms with Crippen LogP contribution in [0.2, 0.25) is 18.1 Å². The van der Waals surface area contributed by atoms with E-state index in [1.165, 1.54) is 0 Å². The molecule has 30 heavy (non-hydrogen) atoms. The third kappa shape index (κ3) is 5.98. The predicted molar refractivity (Wildman–Crippen MR) is 116 cm³/mol. The van der Waals surface area contributed by atoms with Crippen LogP contribution < -0.4 is 0 Å². The van der Waals surface area contributed by atoms with Crippen molar-refractivity contribution >= 4 is 6.63 Å². The van der Waals surface area contributed by atoms with Crippen LogP contribution in [0.4, 0.5) is 0 Å². The van der Waals surface area contributed by atoms with E-state index in [0.29, 0.717) is 37.4 Å². The summed E-state index contributed by atoms with van der Waals surface area (Å²) in [5, 5.41) is 0. The van der Waals surface area contributed by atoms with E-state index in [2.05, 4.69) is 0 Å². The second-order valence-corrected chi connectivity index (χ2v) is 21.2. The third-order valence-corrected chi connectivity index (χ3v) is 20.7. The molecule has 0 spiro atoms. The molecule has 0 aliphatic rings. The molecule has 0 aliphatic heterocycles. The van der Waals surface area contributed by atoms with Crippen molar-refractivity contribution in [2.24, 2.45) is 0 Å². The summed E-state index contributed by atoms with van der Waals surface area (Å²) < 4.78 is 46.9. The molecule has 0 radical (unpaired) electrons. The molecule has 3 aromatic carbocycles. The van der Waals surface area contributed by atoms with Gasteiger partial charge in [-0.15, -0.1) is 0 Å². The van der Waals surface area contributed by atoms with Gasteiger partial charge in [0.1, 0.15) is 0 Å². The van der Waals surface area contributed by atoms with Gasteiger partial charge in [-0.3, -0.25) is 0 Å². The SMILES string of the molecule is [O]=[Cr](=[O])([OH])([OH])[Si](CCc1ccccc1)(CCc1ccccc1)CCc1ccccc1. The molecule has 0 saturated heterocycles. The van der Waals surface area contributed by atoms with E-state index < -0.39 is 18.5 Å². The topological polar surface area (TPSA) is 74.6 Å². The van der Waals surface area contributed by atoms with Gasteiger partial charge < -0.3 is 0 Å². The third-order valence-electron chi connectivity index (χ3n) is 5.88. The molecule has 0 amide bonds. The molecular formula is C24H29CrO4Si. The first kappa shape index (κ1) is 22.6. The fourth-order valence-corrected chi connectivity index (χ4v) is 14.3. The van der Waals surface area contributed by atoms with Crippen LogP contribution in [0.25, 0.3) is 0 Å². The van der Waals surface area contributed by atoms with Gasteiger partial charge >= 0.3 is 180 Å². The van der Waals surface area contributed by atoms with E-state index in [1.54, 1.807) is 0 Å². The number of hydrogen-bond acceptors (Lipinski definition) is 2. The van der Waals surface area contributed by atoms with Crippen molar-refractivity contribution in [2.45, 2.75) is 37.4 Å². The molecule has 0 atom stereocenters. The van der Waals surface area contributed by atoms with Crippen molar-refractivity contribution in [2.75, 3.05) is 0 Å². The molecule has 0 unspecified atom stereocenters. The number of aryl methyl sites for hydroxylation is 3. The normalized spacial score (nSPS) is 13.5.